The quantitative estimate of drug-likeness (QED) is 0.325. The zero-order chi connectivity index (χ0) is 19.7. The van der Waals surface area contributed by atoms with Crippen molar-refractivity contribution in [2.24, 2.45) is 4.99 Å². The third kappa shape index (κ3) is 11.3. The van der Waals surface area contributed by atoms with Gasteiger partial charge in [0.05, 0.1) is 12.6 Å². The number of alkyl halides is 3. The highest BCUT2D eigenvalue weighted by Crippen LogP contribution is 2.21. The monoisotopic (exact) mass is 502 g/mol. The standard InChI is InChI=1S/C18H29F3N4O.HI/c1-13(2)26-16-10-14(3)6-7-15(16)11-24-17(22-4)23-8-9-25(5)12-18(19,20)21;/h6-7,10,13H,8-9,11-12H2,1-5H3,(H2,22,23,24);1H. The van der Waals surface area contributed by atoms with Gasteiger partial charge in [0.25, 0.3) is 0 Å². The van der Waals surface area contributed by atoms with Crippen molar-refractivity contribution >= 4 is 29.9 Å². The number of likely N-dealkylation sites (N-methyl/N-ethyl adjacent to an activating group) is 1. The highest BCUT2D eigenvalue weighted by atomic mass is 127. The van der Waals surface area contributed by atoms with Gasteiger partial charge in [0.15, 0.2) is 5.96 Å². The first-order chi connectivity index (χ1) is 12.1. The molecule has 0 unspecified atom stereocenters. The van der Waals surface area contributed by atoms with Gasteiger partial charge in [-0.05, 0) is 39.4 Å². The van der Waals surface area contributed by atoms with Gasteiger partial charge in [-0.15, -0.1) is 24.0 Å². The SMILES string of the molecule is CN=C(NCCN(C)CC(F)(F)F)NCc1ccc(C)cc1OC(C)C.I. The molecule has 5 nitrogen and oxygen atoms in total. The number of nitrogens with one attached hydrogen (secondary N) is 2. The second kappa shape index (κ2) is 12.3. The predicted octanol–water partition coefficient (Wildman–Crippen LogP) is 3.56. The largest absolute Gasteiger partial charge is 0.491 e. The van der Waals surface area contributed by atoms with Crippen molar-refractivity contribution in [1.29, 1.82) is 0 Å². The van der Waals surface area contributed by atoms with Gasteiger partial charge in [0.2, 0.25) is 0 Å². The molecule has 0 radical (unpaired) electrons. The predicted molar refractivity (Wildman–Crippen MR) is 114 cm³/mol. The lowest BCUT2D eigenvalue weighted by Gasteiger charge is -2.20. The van der Waals surface area contributed by atoms with Gasteiger partial charge >= 0.3 is 6.18 Å². The Labute approximate surface area is 176 Å². The van der Waals surface area contributed by atoms with Crippen molar-refractivity contribution in [3.8, 4) is 5.75 Å². The van der Waals surface area contributed by atoms with E-state index >= 15 is 0 Å². The van der Waals surface area contributed by atoms with Gasteiger partial charge in [-0.2, -0.15) is 13.2 Å². The zero-order valence-corrected chi connectivity index (χ0v) is 18.8. The molecule has 0 fully saturated rings. The van der Waals surface area contributed by atoms with Gasteiger partial charge in [-0.1, -0.05) is 12.1 Å². The summed E-state index contributed by atoms with van der Waals surface area (Å²) in [5.74, 6) is 1.34. The van der Waals surface area contributed by atoms with E-state index in [0.717, 1.165) is 16.9 Å². The highest BCUT2D eigenvalue weighted by molar-refractivity contribution is 14.0. The molecule has 0 bridgehead atoms. The van der Waals surface area contributed by atoms with E-state index in [1.807, 2.05) is 39.0 Å². The lowest BCUT2D eigenvalue weighted by Crippen LogP contribution is -2.42. The number of guanidine groups is 1. The smallest absolute Gasteiger partial charge is 0.401 e. The van der Waals surface area contributed by atoms with Gasteiger partial charge in [0.1, 0.15) is 5.75 Å². The number of aliphatic imine (C=N–C) groups is 1. The zero-order valence-electron chi connectivity index (χ0n) is 16.5. The van der Waals surface area contributed by atoms with Crippen LogP contribution in [0, 0.1) is 6.92 Å². The molecular formula is C18H30F3IN4O. The average molecular weight is 502 g/mol. The molecule has 0 heterocycles. The van der Waals surface area contributed by atoms with E-state index in [0.29, 0.717) is 19.0 Å². The molecule has 0 aliphatic rings. The Morgan fingerprint density at radius 2 is 1.93 bits per heavy atom. The fourth-order valence-corrected chi connectivity index (χ4v) is 2.32. The number of hydrogen-bond acceptors (Lipinski definition) is 3. The topological polar surface area (TPSA) is 48.9 Å². The minimum absolute atomic E-state index is 0. The molecule has 0 saturated heterocycles. The van der Waals surface area contributed by atoms with Crippen LogP contribution >= 0.6 is 24.0 Å². The number of nitrogens with zero attached hydrogens (tertiary/aromatic N) is 2. The van der Waals surface area contributed by atoms with Crippen LogP contribution in [0.1, 0.15) is 25.0 Å². The summed E-state index contributed by atoms with van der Waals surface area (Å²) in [6, 6.07) is 5.98. The van der Waals surface area contributed by atoms with Gasteiger partial charge in [-0.3, -0.25) is 9.89 Å². The Morgan fingerprint density at radius 3 is 2.48 bits per heavy atom. The van der Waals surface area contributed by atoms with Crippen molar-refractivity contribution < 1.29 is 17.9 Å². The number of ether oxygens (including phenoxy) is 1. The lowest BCUT2D eigenvalue weighted by atomic mass is 10.1. The Kier molecular flexibility index (Phi) is 11.7. The van der Waals surface area contributed by atoms with E-state index in [-0.39, 0.29) is 36.6 Å². The van der Waals surface area contributed by atoms with Crippen LogP contribution < -0.4 is 15.4 Å². The third-order valence-electron chi connectivity index (χ3n) is 3.49. The summed E-state index contributed by atoms with van der Waals surface area (Å²) in [6.07, 6.45) is -4.12. The first kappa shape index (κ1) is 25.8. The molecule has 0 aromatic heterocycles. The first-order valence-corrected chi connectivity index (χ1v) is 8.56. The maximum absolute atomic E-state index is 12.3. The second-order valence-corrected chi connectivity index (χ2v) is 6.48. The Morgan fingerprint density at radius 1 is 1.26 bits per heavy atom. The van der Waals surface area contributed by atoms with E-state index < -0.39 is 12.7 Å². The van der Waals surface area contributed by atoms with Crippen LogP contribution in [-0.2, 0) is 6.54 Å². The Balaban J connectivity index is 0.00000676. The van der Waals surface area contributed by atoms with Crippen molar-refractivity contribution in [3.05, 3.63) is 29.3 Å². The maximum Gasteiger partial charge on any atom is 0.401 e. The fourth-order valence-electron chi connectivity index (χ4n) is 2.32. The summed E-state index contributed by atoms with van der Waals surface area (Å²) in [6.45, 7) is 6.12. The molecule has 0 aliphatic heterocycles. The van der Waals surface area contributed by atoms with Crippen LogP contribution in [0.5, 0.6) is 5.75 Å². The van der Waals surface area contributed by atoms with Crippen LogP contribution in [0.4, 0.5) is 13.2 Å². The third-order valence-corrected chi connectivity index (χ3v) is 3.49. The molecule has 2 N–H and O–H groups in total. The van der Waals surface area contributed by atoms with Crippen molar-refractivity contribution in [2.75, 3.05) is 33.7 Å². The van der Waals surface area contributed by atoms with E-state index in [1.54, 1.807) is 7.05 Å². The molecule has 27 heavy (non-hydrogen) atoms. The second-order valence-electron chi connectivity index (χ2n) is 6.48. The summed E-state index contributed by atoms with van der Waals surface area (Å²) < 4.78 is 42.8. The molecular weight excluding hydrogens is 472 g/mol. The Bertz CT molecular complexity index is 594. The summed E-state index contributed by atoms with van der Waals surface area (Å²) >= 11 is 0. The minimum Gasteiger partial charge on any atom is -0.491 e. The summed E-state index contributed by atoms with van der Waals surface area (Å²) in [4.78, 5) is 5.31. The number of rotatable bonds is 8. The van der Waals surface area contributed by atoms with Crippen molar-refractivity contribution in [2.45, 2.75) is 39.6 Å². The molecule has 156 valence electrons. The molecule has 1 aromatic carbocycles. The first-order valence-electron chi connectivity index (χ1n) is 8.56. The summed E-state index contributed by atoms with van der Waals surface area (Å²) in [5, 5.41) is 6.18. The van der Waals surface area contributed by atoms with Crippen molar-refractivity contribution in [1.82, 2.24) is 15.5 Å². The minimum atomic E-state index is -4.19. The number of halogens is 4. The molecule has 0 spiro atoms. The van der Waals surface area contributed by atoms with Crippen LogP contribution in [0.25, 0.3) is 0 Å². The van der Waals surface area contributed by atoms with E-state index in [1.165, 1.54) is 11.9 Å². The molecule has 0 amide bonds. The highest BCUT2D eigenvalue weighted by Gasteiger charge is 2.28. The van der Waals surface area contributed by atoms with E-state index in [2.05, 4.69) is 15.6 Å². The average Bonchev–Trinajstić information content (AvgIpc) is 2.49. The Hall–Kier alpha value is -1.23. The number of aryl methyl sites for hydroxylation is 1. The molecule has 0 aliphatic carbocycles. The van der Waals surface area contributed by atoms with E-state index in [4.69, 9.17) is 4.74 Å². The fraction of sp³-hybridized carbons (Fsp3) is 0.611. The van der Waals surface area contributed by atoms with Gasteiger partial charge in [0, 0.05) is 32.2 Å². The van der Waals surface area contributed by atoms with Crippen LogP contribution in [0.3, 0.4) is 0 Å². The van der Waals surface area contributed by atoms with E-state index in [9.17, 15) is 13.2 Å². The maximum atomic E-state index is 12.3. The molecule has 9 heteroatoms. The normalized spacial score (nSPS) is 12.1. The molecule has 0 saturated carbocycles. The number of hydrogen-bond donors (Lipinski definition) is 2. The summed E-state index contributed by atoms with van der Waals surface area (Å²) in [5.41, 5.74) is 2.10. The number of benzene rings is 1. The molecule has 1 rings (SSSR count). The summed E-state index contributed by atoms with van der Waals surface area (Å²) in [7, 11) is 3.06. The lowest BCUT2D eigenvalue weighted by molar-refractivity contribution is -0.142. The van der Waals surface area contributed by atoms with Gasteiger partial charge in [-0.25, -0.2) is 0 Å². The molecule has 0 atom stereocenters. The van der Waals surface area contributed by atoms with Crippen molar-refractivity contribution in [3.63, 3.8) is 0 Å². The van der Waals surface area contributed by atoms with Crippen LogP contribution in [-0.4, -0.2) is 56.9 Å². The molecule has 1 aromatic rings. The van der Waals surface area contributed by atoms with Gasteiger partial charge < -0.3 is 15.4 Å². The van der Waals surface area contributed by atoms with Crippen LogP contribution in [0.15, 0.2) is 23.2 Å². The van der Waals surface area contributed by atoms with Crippen LogP contribution in [0.2, 0.25) is 0 Å².